The average molecular weight is 315 g/mol. The van der Waals surface area contributed by atoms with E-state index in [1.807, 2.05) is 0 Å². The standard InChI is InChI=1S/C11H11BrN2S2/c1-15-8-4-2-7(3-5-8)11-14-9(6-13)10(12)16-11/h2-5H,6,13H2,1H3. The fraction of sp³-hybridized carbons (Fsp3) is 0.182. The Labute approximate surface area is 111 Å². The van der Waals surface area contributed by atoms with Crippen molar-refractivity contribution in [3.63, 3.8) is 0 Å². The topological polar surface area (TPSA) is 38.9 Å². The highest BCUT2D eigenvalue weighted by molar-refractivity contribution is 9.11. The number of thioether (sulfide) groups is 1. The molecule has 0 bridgehead atoms. The summed E-state index contributed by atoms with van der Waals surface area (Å²) in [6.45, 7) is 0.472. The van der Waals surface area contributed by atoms with Crippen molar-refractivity contribution in [1.82, 2.24) is 4.98 Å². The number of benzene rings is 1. The van der Waals surface area contributed by atoms with Crippen LogP contribution in [0.1, 0.15) is 5.69 Å². The minimum absolute atomic E-state index is 0.472. The largest absolute Gasteiger partial charge is 0.325 e. The molecule has 0 unspecified atom stereocenters. The molecule has 5 heteroatoms. The van der Waals surface area contributed by atoms with Crippen molar-refractivity contribution in [3.8, 4) is 10.6 Å². The Morgan fingerprint density at radius 2 is 2.06 bits per heavy atom. The van der Waals surface area contributed by atoms with Crippen LogP contribution in [-0.4, -0.2) is 11.2 Å². The zero-order chi connectivity index (χ0) is 11.5. The van der Waals surface area contributed by atoms with Crippen molar-refractivity contribution in [1.29, 1.82) is 0 Å². The summed E-state index contributed by atoms with van der Waals surface area (Å²) in [6, 6.07) is 8.41. The van der Waals surface area contributed by atoms with Crippen LogP contribution in [0.3, 0.4) is 0 Å². The quantitative estimate of drug-likeness (QED) is 0.877. The molecule has 0 aliphatic heterocycles. The highest BCUT2D eigenvalue weighted by atomic mass is 79.9. The first kappa shape index (κ1) is 12.1. The smallest absolute Gasteiger partial charge is 0.124 e. The lowest BCUT2D eigenvalue weighted by Crippen LogP contribution is -1.96. The van der Waals surface area contributed by atoms with Gasteiger partial charge in [-0.25, -0.2) is 4.98 Å². The molecule has 0 spiro atoms. The summed E-state index contributed by atoms with van der Waals surface area (Å²) >= 11 is 6.84. The van der Waals surface area contributed by atoms with Gasteiger partial charge in [0.05, 0.1) is 9.48 Å². The minimum atomic E-state index is 0.472. The molecule has 1 aromatic carbocycles. The number of thiazole rings is 1. The van der Waals surface area contributed by atoms with Gasteiger partial charge in [-0.05, 0) is 34.3 Å². The van der Waals surface area contributed by atoms with E-state index in [1.165, 1.54) is 4.90 Å². The van der Waals surface area contributed by atoms with Crippen LogP contribution in [0, 0.1) is 0 Å². The van der Waals surface area contributed by atoms with E-state index >= 15 is 0 Å². The van der Waals surface area contributed by atoms with Gasteiger partial charge in [-0.3, -0.25) is 0 Å². The Hall–Kier alpha value is -0.360. The fourth-order valence-electron chi connectivity index (χ4n) is 1.32. The molecule has 2 rings (SSSR count). The van der Waals surface area contributed by atoms with Gasteiger partial charge >= 0.3 is 0 Å². The van der Waals surface area contributed by atoms with Crippen molar-refractivity contribution >= 4 is 39.0 Å². The maximum atomic E-state index is 5.60. The van der Waals surface area contributed by atoms with Crippen molar-refractivity contribution in [3.05, 3.63) is 33.7 Å². The van der Waals surface area contributed by atoms with Crippen LogP contribution >= 0.6 is 39.0 Å². The van der Waals surface area contributed by atoms with Crippen LogP contribution in [0.4, 0.5) is 0 Å². The molecular formula is C11H11BrN2S2. The zero-order valence-electron chi connectivity index (χ0n) is 8.74. The molecule has 0 aliphatic carbocycles. The highest BCUT2D eigenvalue weighted by Gasteiger charge is 2.08. The highest BCUT2D eigenvalue weighted by Crippen LogP contribution is 2.32. The van der Waals surface area contributed by atoms with Crippen LogP contribution < -0.4 is 5.73 Å². The molecule has 1 heterocycles. The SMILES string of the molecule is CSc1ccc(-c2nc(CN)c(Br)s2)cc1. The predicted molar refractivity (Wildman–Crippen MR) is 74.9 cm³/mol. The van der Waals surface area contributed by atoms with E-state index in [9.17, 15) is 0 Å². The molecule has 2 N–H and O–H groups in total. The first-order valence-corrected chi connectivity index (χ1v) is 7.57. The Bertz CT molecular complexity index is 479. The zero-order valence-corrected chi connectivity index (χ0v) is 12.0. The van der Waals surface area contributed by atoms with Crippen molar-refractivity contribution in [2.45, 2.75) is 11.4 Å². The second-order valence-corrected chi connectivity index (χ2v) is 6.37. The second kappa shape index (κ2) is 5.31. The molecule has 0 radical (unpaired) electrons. The summed E-state index contributed by atoms with van der Waals surface area (Å²) in [5, 5.41) is 1.01. The van der Waals surface area contributed by atoms with Gasteiger partial charge in [0, 0.05) is 17.0 Å². The van der Waals surface area contributed by atoms with Gasteiger partial charge in [0.15, 0.2) is 0 Å². The van der Waals surface area contributed by atoms with Crippen LogP contribution in [0.25, 0.3) is 10.6 Å². The van der Waals surface area contributed by atoms with E-state index < -0.39 is 0 Å². The lowest BCUT2D eigenvalue weighted by Gasteiger charge is -1.98. The fourth-order valence-corrected chi connectivity index (χ4v) is 3.26. The van der Waals surface area contributed by atoms with E-state index in [1.54, 1.807) is 23.1 Å². The van der Waals surface area contributed by atoms with Gasteiger partial charge in [0.25, 0.3) is 0 Å². The number of hydrogen-bond donors (Lipinski definition) is 1. The molecule has 2 aromatic rings. The lowest BCUT2D eigenvalue weighted by atomic mass is 10.2. The molecule has 84 valence electrons. The third-order valence-electron chi connectivity index (χ3n) is 2.18. The summed E-state index contributed by atoms with van der Waals surface area (Å²) in [5.41, 5.74) is 7.67. The monoisotopic (exact) mass is 314 g/mol. The number of hydrogen-bond acceptors (Lipinski definition) is 4. The van der Waals surface area contributed by atoms with Gasteiger partial charge in [0.2, 0.25) is 0 Å². The summed E-state index contributed by atoms with van der Waals surface area (Å²) in [6.07, 6.45) is 2.07. The molecule has 0 fully saturated rings. The number of nitrogens with zero attached hydrogens (tertiary/aromatic N) is 1. The van der Waals surface area contributed by atoms with Gasteiger partial charge < -0.3 is 5.73 Å². The van der Waals surface area contributed by atoms with E-state index in [4.69, 9.17) is 5.73 Å². The molecule has 0 atom stereocenters. The molecule has 0 saturated heterocycles. The van der Waals surface area contributed by atoms with Crippen LogP contribution in [0.2, 0.25) is 0 Å². The number of nitrogens with two attached hydrogens (primary N) is 1. The second-order valence-electron chi connectivity index (χ2n) is 3.17. The molecule has 2 nitrogen and oxygen atoms in total. The van der Waals surface area contributed by atoms with Gasteiger partial charge in [-0.1, -0.05) is 12.1 Å². The van der Waals surface area contributed by atoms with E-state index in [0.29, 0.717) is 6.54 Å². The molecule has 0 aliphatic rings. The van der Waals surface area contributed by atoms with Crippen molar-refractivity contribution < 1.29 is 0 Å². The Balaban J connectivity index is 2.34. The Kier molecular flexibility index (Phi) is 4.02. The molecule has 1 aromatic heterocycles. The summed E-state index contributed by atoms with van der Waals surface area (Å²) in [7, 11) is 0. The van der Waals surface area contributed by atoms with Crippen LogP contribution in [0.5, 0.6) is 0 Å². The van der Waals surface area contributed by atoms with Gasteiger partial charge in [0.1, 0.15) is 5.01 Å². The number of rotatable bonds is 3. The van der Waals surface area contributed by atoms with E-state index in [2.05, 4.69) is 51.4 Å². The van der Waals surface area contributed by atoms with E-state index in [0.717, 1.165) is 20.1 Å². The van der Waals surface area contributed by atoms with Gasteiger partial charge in [-0.2, -0.15) is 0 Å². The maximum absolute atomic E-state index is 5.60. The summed E-state index contributed by atoms with van der Waals surface area (Å²) < 4.78 is 1.03. The average Bonchev–Trinajstić information content (AvgIpc) is 2.71. The third kappa shape index (κ3) is 2.48. The number of aromatic nitrogens is 1. The maximum Gasteiger partial charge on any atom is 0.124 e. The first-order valence-electron chi connectivity index (χ1n) is 4.74. The molecule has 16 heavy (non-hydrogen) atoms. The summed E-state index contributed by atoms with van der Waals surface area (Å²) in [4.78, 5) is 5.76. The molecule has 0 saturated carbocycles. The number of halogens is 1. The first-order chi connectivity index (χ1) is 7.74. The lowest BCUT2D eigenvalue weighted by molar-refractivity contribution is 1.01. The Morgan fingerprint density at radius 3 is 2.56 bits per heavy atom. The summed E-state index contributed by atoms with van der Waals surface area (Å²) in [5.74, 6) is 0. The van der Waals surface area contributed by atoms with Crippen LogP contribution in [0.15, 0.2) is 32.9 Å². The third-order valence-corrected chi connectivity index (χ3v) is 4.80. The normalized spacial score (nSPS) is 10.7. The van der Waals surface area contributed by atoms with E-state index in [-0.39, 0.29) is 0 Å². The molecule has 0 amide bonds. The Morgan fingerprint density at radius 1 is 1.38 bits per heavy atom. The minimum Gasteiger partial charge on any atom is -0.325 e. The van der Waals surface area contributed by atoms with Gasteiger partial charge in [-0.15, -0.1) is 23.1 Å². The van der Waals surface area contributed by atoms with Crippen LogP contribution in [-0.2, 0) is 6.54 Å². The predicted octanol–water partition coefficient (Wildman–Crippen LogP) is 3.75. The van der Waals surface area contributed by atoms with Crippen molar-refractivity contribution in [2.24, 2.45) is 5.73 Å². The van der Waals surface area contributed by atoms with Crippen molar-refractivity contribution in [2.75, 3.05) is 6.26 Å². The molecular weight excluding hydrogens is 304 g/mol.